The first-order valence-electron chi connectivity index (χ1n) is 6.82. The summed E-state index contributed by atoms with van der Waals surface area (Å²) in [5, 5.41) is 9.03. The van der Waals surface area contributed by atoms with Crippen LogP contribution in [0.2, 0.25) is 10.0 Å². The van der Waals surface area contributed by atoms with Gasteiger partial charge in [-0.25, -0.2) is 0 Å². The van der Waals surface area contributed by atoms with Crippen molar-refractivity contribution in [1.29, 1.82) is 0 Å². The zero-order valence-electron chi connectivity index (χ0n) is 12.3. The van der Waals surface area contributed by atoms with E-state index in [0.717, 1.165) is 34.4 Å². The van der Waals surface area contributed by atoms with Crippen molar-refractivity contribution < 1.29 is 0 Å². The largest absolute Gasteiger partial charge is 0.313 e. The molecule has 1 aromatic heterocycles. The van der Waals surface area contributed by atoms with Gasteiger partial charge in [-0.2, -0.15) is 5.10 Å². The highest BCUT2D eigenvalue weighted by Gasteiger charge is 2.20. The van der Waals surface area contributed by atoms with Gasteiger partial charge in [0.25, 0.3) is 0 Å². The fourth-order valence-electron chi connectivity index (χ4n) is 2.41. The van der Waals surface area contributed by atoms with Gasteiger partial charge in [-0.3, -0.25) is 4.68 Å². The summed E-state index contributed by atoms with van der Waals surface area (Å²) in [6, 6.07) is 5.80. The van der Waals surface area contributed by atoms with Crippen LogP contribution in [-0.4, -0.2) is 16.8 Å². The smallest absolute Gasteiger partial charge is 0.0738 e. The molecule has 1 aromatic carbocycles. The fourth-order valence-corrected chi connectivity index (χ4v) is 3.30. The van der Waals surface area contributed by atoms with Crippen LogP contribution in [0.3, 0.4) is 0 Å². The summed E-state index contributed by atoms with van der Waals surface area (Å²) in [5.41, 5.74) is 3.16. The van der Waals surface area contributed by atoms with Gasteiger partial charge >= 0.3 is 0 Å². The number of halogens is 3. The van der Waals surface area contributed by atoms with Gasteiger partial charge < -0.3 is 5.32 Å². The van der Waals surface area contributed by atoms with Crippen LogP contribution in [0.5, 0.6) is 0 Å². The van der Waals surface area contributed by atoms with E-state index in [4.69, 9.17) is 23.2 Å². The van der Waals surface area contributed by atoms with E-state index in [0.29, 0.717) is 10.0 Å². The zero-order valence-corrected chi connectivity index (χ0v) is 15.3. The first kappa shape index (κ1) is 16.8. The third kappa shape index (κ3) is 3.45. The van der Waals surface area contributed by atoms with Crippen molar-refractivity contribution in [3.05, 3.63) is 49.7 Å². The van der Waals surface area contributed by atoms with E-state index < -0.39 is 0 Å². The predicted molar refractivity (Wildman–Crippen MR) is 92.3 cm³/mol. The van der Waals surface area contributed by atoms with E-state index >= 15 is 0 Å². The summed E-state index contributed by atoms with van der Waals surface area (Å²) in [6.07, 6.45) is 0.784. The quantitative estimate of drug-likeness (QED) is 0.795. The van der Waals surface area contributed by atoms with Crippen LogP contribution >= 0.6 is 39.1 Å². The Balaban J connectivity index is 2.38. The van der Waals surface area contributed by atoms with Gasteiger partial charge in [0.2, 0.25) is 0 Å². The molecule has 2 rings (SSSR count). The number of rotatable bonds is 5. The normalized spacial score (nSPS) is 12.7. The van der Waals surface area contributed by atoms with Gasteiger partial charge in [-0.1, -0.05) is 35.3 Å². The highest BCUT2D eigenvalue weighted by atomic mass is 79.9. The van der Waals surface area contributed by atoms with Gasteiger partial charge in [-0.05, 0) is 48.5 Å². The molecule has 1 N–H and O–H groups in total. The minimum absolute atomic E-state index is 0.0777. The fraction of sp³-hybridized carbons (Fsp3) is 0.400. The molecule has 0 aliphatic rings. The van der Waals surface area contributed by atoms with E-state index in [-0.39, 0.29) is 6.04 Å². The topological polar surface area (TPSA) is 29.9 Å². The molecule has 0 spiro atoms. The van der Waals surface area contributed by atoms with Gasteiger partial charge in [0.05, 0.1) is 25.9 Å². The van der Waals surface area contributed by atoms with Crippen LogP contribution in [0.4, 0.5) is 0 Å². The highest BCUT2D eigenvalue weighted by molar-refractivity contribution is 9.10. The molecule has 0 fully saturated rings. The molecule has 3 nitrogen and oxygen atoms in total. The molecule has 21 heavy (non-hydrogen) atoms. The molecular formula is C15H18BrCl2N3. The third-order valence-electron chi connectivity index (χ3n) is 3.56. The van der Waals surface area contributed by atoms with Crippen LogP contribution < -0.4 is 5.32 Å². The number of hydrogen-bond donors (Lipinski definition) is 1. The monoisotopic (exact) mass is 389 g/mol. The zero-order chi connectivity index (χ0) is 15.6. The summed E-state index contributed by atoms with van der Waals surface area (Å²) < 4.78 is 3.07. The molecule has 0 saturated carbocycles. The number of hydrogen-bond acceptors (Lipinski definition) is 2. The van der Waals surface area contributed by atoms with Gasteiger partial charge in [0.15, 0.2) is 0 Å². The van der Waals surface area contributed by atoms with E-state index in [9.17, 15) is 0 Å². The molecule has 2 aromatic rings. The van der Waals surface area contributed by atoms with Crippen molar-refractivity contribution in [2.75, 3.05) is 7.05 Å². The van der Waals surface area contributed by atoms with E-state index in [1.165, 1.54) is 0 Å². The average molecular weight is 391 g/mol. The minimum Gasteiger partial charge on any atom is -0.313 e. The SMILES string of the molecule is CCn1nc(C)c(Br)c1CC(NC)c1cccc(Cl)c1Cl. The van der Waals surface area contributed by atoms with Gasteiger partial charge in [-0.15, -0.1) is 0 Å². The minimum atomic E-state index is 0.0777. The summed E-state index contributed by atoms with van der Waals surface area (Å²) in [6.45, 7) is 4.92. The second kappa shape index (κ2) is 7.14. The molecular weight excluding hydrogens is 373 g/mol. The standard InChI is InChI=1S/C15H18BrCl2N3/c1-4-21-13(14(16)9(2)20-21)8-12(19-3)10-6-5-7-11(17)15(10)18/h5-7,12,19H,4,8H2,1-3H3. The van der Waals surface area contributed by atoms with Gasteiger partial charge in [0, 0.05) is 19.0 Å². The first-order chi connectivity index (χ1) is 9.99. The molecule has 114 valence electrons. The molecule has 0 saturated heterocycles. The molecule has 0 aliphatic heterocycles. The van der Waals surface area contributed by atoms with Crippen LogP contribution in [0.15, 0.2) is 22.7 Å². The summed E-state index contributed by atoms with van der Waals surface area (Å²) in [4.78, 5) is 0. The maximum atomic E-state index is 6.35. The Hall–Kier alpha value is -0.550. The molecule has 1 atom stereocenters. The maximum Gasteiger partial charge on any atom is 0.0738 e. The Morgan fingerprint density at radius 1 is 1.38 bits per heavy atom. The number of nitrogens with zero attached hydrogens (tertiary/aromatic N) is 2. The van der Waals surface area contributed by atoms with Crippen molar-refractivity contribution in [3.8, 4) is 0 Å². The molecule has 0 aliphatic carbocycles. The van der Waals surface area contributed by atoms with Crippen LogP contribution in [0.1, 0.15) is 29.9 Å². The Kier molecular flexibility index (Phi) is 5.72. The predicted octanol–water partition coefficient (Wildman–Crippen LogP) is 4.78. The van der Waals surface area contributed by atoms with Crippen molar-refractivity contribution in [2.45, 2.75) is 32.9 Å². The molecule has 1 heterocycles. The lowest BCUT2D eigenvalue weighted by molar-refractivity contribution is 0.540. The summed E-state index contributed by atoms with van der Waals surface area (Å²) in [5.74, 6) is 0. The Bertz CT molecular complexity index is 640. The number of aromatic nitrogens is 2. The Morgan fingerprint density at radius 2 is 2.10 bits per heavy atom. The first-order valence-corrected chi connectivity index (χ1v) is 8.37. The lowest BCUT2D eigenvalue weighted by Crippen LogP contribution is -2.21. The van der Waals surface area contributed by atoms with E-state index in [1.807, 2.05) is 30.8 Å². The molecule has 1 unspecified atom stereocenters. The lowest BCUT2D eigenvalue weighted by Gasteiger charge is -2.19. The van der Waals surface area contributed by atoms with Crippen molar-refractivity contribution >= 4 is 39.1 Å². The summed E-state index contributed by atoms with van der Waals surface area (Å²) in [7, 11) is 1.93. The van der Waals surface area contributed by atoms with Crippen molar-refractivity contribution in [3.63, 3.8) is 0 Å². The van der Waals surface area contributed by atoms with Gasteiger partial charge in [0.1, 0.15) is 0 Å². The average Bonchev–Trinajstić information content (AvgIpc) is 2.75. The highest BCUT2D eigenvalue weighted by Crippen LogP contribution is 2.33. The lowest BCUT2D eigenvalue weighted by atomic mass is 10.0. The Morgan fingerprint density at radius 3 is 2.71 bits per heavy atom. The van der Waals surface area contributed by atoms with E-state index in [2.05, 4.69) is 33.3 Å². The Labute approximate surface area is 143 Å². The number of benzene rings is 1. The molecule has 6 heteroatoms. The summed E-state index contributed by atoms with van der Waals surface area (Å²) >= 11 is 16.1. The number of likely N-dealkylation sites (N-methyl/N-ethyl adjacent to an activating group) is 1. The third-order valence-corrected chi connectivity index (χ3v) is 5.42. The number of aryl methyl sites for hydroxylation is 2. The second-order valence-corrected chi connectivity index (χ2v) is 6.43. The maximum absolute atomic E-state index is 6.35. The van der Waals surface area contributed by atoms with Crippen molar-refractivity contribution in [1.82, 2.24) is 15.1 Å². The van der Waals surface area contributed by atoms with Crippen molar-refractivity contribution in [2.24, 2.45) is 0 Å². The second-order valence-electron chi connectivity index (χ2n) is 4.85. The van der Waals surface area contributed by atoms with Crippen LogP contribution in [-0.2, 0) is 13.0 Å². The van der Waals surface area contributed by atoms with Crippen LogP contribution in [0, 0.1) is 6.92 Å². The molecule has 0 bridgehead atoms. The molecule has 0 amide bonds. The van der Waals surface area contributed by atoms with Crippen LogP contribution in [0.25, 0.3) is 0 Å². The number of nitrogens with one attached hydrogen (secondary N) is 1. The van der Waals surface area contributed by atoms with E-state index in [1.54, 1.807) is 6.07 Å². The molecule has 0 radical (unpaired) electrons.